The second-order valence-electron chi connectivity index (χ2n) is 9.72. The average molecular weight is 675 g/mol. The van der Waals surface area contributed by atoms with Gasteiger partial charge in [0.15, 0.2) is 0 Å². The van der Waals surface area contributed by atoms with Crippen molar-refractivity contribution in [2.75, 3.05) is 24.7 Å². The Labute approximate surface area is 269 Å². The number of hydrogen-bond acceptors (Lipinski definition) is 9. The van der Waals surface area contributed by atoms with E-state index in [1.807, 2.05) is 0 Å². The summed E-state index contributed by atoms with van der Waals surface area (Å²) in [6, 6.07) is 12.6. The van der Waals surface area contributed by atoms with Crippen LogP contribution in [-0.2, 0) is 48.1 Å². The number of amides is 4. The third kappa shape index (κ3) is 12.0. The number of hydrogen-bond donors (Lipinski definition) is 2. The maximum Gasteiger partial charge on any atom is 0.407 e. The molecule has 2 aromatic carbocycles. The smallest absolute Gasteiger partial charge is 0.407 e. The highest BCUT2D eigenvalue weighted by molar-refractivity contribution is 7.95. The molecule has 0 aromatic heterocycles. The Hall–Kier alpha value is -4.63. The van der Waals surface area contributed by atoms with Crippen LogP contribution in [0.4, 0.5) is 4.79 Å². The summed E-state index contributed by atoms with van der Waals surface area (Å²) >= 11 is 0. The quantitative estimate of drug-likeness (QED) is 0.153. The van der Waals surface area contributed by atoms with E-state index in [1.165, 1.54) is 62.4 Å². The molecule has 2 N–H and O–H groups in total. The molecule has 2 aromatic rings. The minimum absolute atomic E-state index is 0.0143. The first-order chi connectivity index (χ1) is 21.8. The van der Waals surface area contributed by atoms with Gasteiger partial charge in [-0.3, -0.25) is 14.4 Å². The fourth-order valence-electron chi connectivity index (χ4n) is 3.59. The van der Waals surface area contributed by atoms with Crippen molar-refractivity contribution in [3.63, 3.8) is 0 Å². The Bertz CT molecular complexity index is 1660. The van der Waals surface area contributed by atoms with Crippen LogP contribution >= 0.6 is 0 Å². The standard InChI is InChI=1S/C31H38N4O9S2/c1-5-7-19-43-30(39)24(4)32-27(36)21-45(41,25-15-11-9-12-16-25)34-28(37)22-46(42,26-17-13-10-14-18-26)35-29(38)23(3)33-31(40)44-20-8-6-2/h5-6,9-18,23-24H,1-2,7-8,19-22H2,3-4H3,(H,32,36)(H,33,40)/t23-,24-,45?,46?/m0/s1. The second kappa shape index (κ2) is 18.4. The van der Waals surface area contributed by atoms with Crippen molar-refractivity contribution in [2.24, 2.45) is 8.73 Å². The summed E-state index contributed by atoms with van der Waals surface area (Å²) in [7, 11) is -7.68. The predicted octanol–water partition coefficient (Wildman–Crippen LogP) is 3.41. The lowest BCUT2D eigenvalue weighted by Gasteiger charge is -2.15. The summed E-state index contributed by atoms with van der Waals surface area (Å²) in [5, 5.41) is 4.67. The molecule has 0 aliphatic heterocycles. The second-order valence-corrected chi connectivity index (χ2v) is 14.2. The van der Waals surface area contributed by atoms with Crippen molar-refractivity contribution in [3.8, 4) is 0 Å². The van der Waals surface area contributed by atoms with Gasteiger partial charge in [-0.2, -0.15) is 8.73 Å². The number of nitrogens with one attached hydrogen (secondary N) is 2. The first-order valence-electron chi connectivity index (χ1n) is 14.1. The van der Waals surface area contributed by atoms with E-state index >= 15 is 0 Å². The molecule has 0 aliphatic carbocycles. The first-order valence-corrected chi connectivity index (χ1v) is 17.5. The molecule has 248 valence electrons. The minimum Gasteiger partial charge on any atom is -0.464 e. The summed E-state index contributed by atoms with van der Waals surface area (Å²) < 4.78 is 45.9. The number of carbonyl (C=O) groups is 5. The Morgan fingerprint density at radius 3 is 1.76 bits per heavy atom. The van der Waals surface area contributed by atoms with Crippen molar-refractivity contribution in [2.45, 2.75) is 48.6 Å². The lowest BCUT2D eigenvalue weighted by molar-refractivity contribution is -0.147. The van der Waals surface area contributed by atoms with Crippen LogP contribution in [0, 0.1) is 0 Å². The van der Waals surface area contributed by atoms with Crippen LogP contribution in [0.3, 0.4) is 0 Å². The lowest BCUT2D eigenvalue weighted by atomic mass is 10.3. The molecule has 4 atom stereocenters. The summed E-state index contributed by atoms with van der Waals surface area (Å²) in [6.45, 7) is 9.82. The van der Waals surface area contributed by atoms with Crippen LogP contribution in [0.5, 0.6) is 0 Å². The molecule has 0 fully saturated rings. The zero-order valence-corrected chi connectivity index (χ0v) is 27.3. The number of ether oxygens (including phenoxy) is 2. The molecule has 46 heavy (non-hydrogen) atoms. The molecular weight excluding hydrogens is 636 g/mol. The van der Waals surface area contributed by atoms with Gasteiger partial charge < -0.3 is 20.1 Å². The van der Waals surface area contributed by atoms with E-state index in [1.54, 1.807) is 24.3 Å². The highest BCUT2D eigenvalue weighted by Crippen LogP contribution is 2.18. The number of rotatable bonds is 16. The van der Waals surface area contributed by atoms with E-state index in [9.17, 15) is 32.4 Å². The number of alkyl carbamates (subject to hydrolysis) is 1. The Morgan fingerprint density at radius 2 is 1.24 bits per heavy atom. The van der Waals surface area contributed by atoms with Gasteiger partial charge in [0.2, 0.25) is 5.91 Å². The summed E-state index contributed by atoms with van der Waals surface area (Å²) in [4.78, 5) is 63.4. The van der Waals surface area contributed by atoms with Crippen molar-refractivity contribution in [3.05, 3.63) is 86.0 Å². The van der Waals surface area contributed by atoms with Crippen LogP contribution in [0.1, 0.15) is 26.7 Å². The van der Waals surface area contributed by atoms with Gasteiger partial charge in [-0.15, -0.1) is 13.2 Å². The lowest BCUT2D eigenvalue weighted by Crippen LogP contribution is -2.42. The number of carbonyl (C=O) groups excluding carboxylic acids is 5. The first kappa shape index (κ1) is 37.6. The Morgan fingerprint density at radius 1 is 0.739 bits per heavy atom. The predicted molar refractivity (Wildman–Crippen MR) is 172 cm³/mol. The van der Waals surface area contributed by atoms with Gasteiger partial charge in [0.05, 0.1) is 32.7 Å². The highest BCUT2D eigenvalue weighted by Gasteiger charge is 2.27. The van der Waals surface area contributed by atoms with Gasteiger partial charge in [-0.05, 0) is 51.0 Å². The van der Waals surface area contributed by atoms with E-state index in [0.717, 1.165) is 0 Å². The van der Waals surface area contributed by atoms with Crippen molar-refractivity contribution in [1.82, 2.24) is 10.6 Å². The zero-order valence-electron chi connectivity index (χ0n) is 25.6. The van der Waals surface area contributed by atoms with Crippen LogP contribution in [0.2, 0.25) is 0 Å². The van der Waals surface area contributed by atoms with Crippen LogP contribution in [0.25, 0.3) is 0 Å². The number of benzene rings is 2. The van der Waals surface area contributed by atoms with E-state index in [0.29, 0.717) is 12.8 Å². The van der Waals surface area contributed by atoms with Gasteiger partial charge >= 0.3 is 12.1 Å². The normalized spacial score (nSPS) is 14.5. The molecule has 2 rings (SSSR count). The average Bonchev–Trinajstić information content (AvgIpc) is 3.01. The Balaban J connectivity index is 2.40. The maximum absolute atomic E-state index is 14.1. The molecule has 4 amide bonds. The maximum atomic E-state index is 14.1. The van der Waals surface area contributed by atoms with E-state index < -0.39 is 72.8 Å². The van der Waals surface area contributed by atoms with Crippen molar-refractivity contribution < 1.29 is 41.9 Å². The third-order valence-electron chi connectivity index (χ3n) is 5.91. The van der Waals surface area contributed by atoms with Crippen LogP contribution in [-0.4, -0.2) is 75.0 Å². The molecule has 0 bridgehead atoms. The fraction of sp³-hybridized carbons (Fsp3) is 0.323. The number of esters is 1. The fourth-order valence-corrected chi connectivity index (χ4v) is 7.19. The van der Waals surface area contributed by atoms with Gasteiger partial charge in [0.1, 0.15) is 23.6 Å². The van der Waals surface area contributed by atoms with Crippen LogP contribution in [0.15, 0.2) is 104 Å². The molecular formula is C31H38N4O9S2. The van der Waals surface area contributed by atoms with Gasteiger partial charge in [-0.1, -0.05) is 48.6 Å². The van der Waals surface area contributed by atoms with Crippen molar-refractivity contribution >= 4 is 49.2 Å². The van der Waals surface area contributed by atoms with Gasteiger partial charge in [0, 0.05) is 9.79 Å². The molecule has 0 saturated carbocycles. The largest absolute Gasteiger partial charge is 0.464 e. The zero-order chi connectivity index (χ0) is 34.2. The van der Waals surface area contributed by atoms with Crippen molar-refractivity contribution in [1.29, 1.82) is 0 Å². The van der Waals surface area contributed by atoms with Gasteiger partial charge in [-0.25, -0.2) is 18.0 Å². The molecule has 0 radical (unpaired) electrons. The monoisotopic (exact) mass is 674 g/mol. The molecule has 0 spiro atoms. The molecule has 0 saturated heterocycles. The molecule has 15 heteroatoms. The summed E-state index contributed by atoms with van der Waals surface area (Å²) in [6.07, 6.45) is 3.00. The van der Waals surface area contributed by atoms with E-state index in [2.05, 4.69) is 32.5 Å². The summed E-state index contributed by atoms with van der Waals surface area (Å²) in [5.41, 5.74) is 0. The third-order valence-corrected chi connectivity index (χ3v) is 10.2. The highest BCUT2D eigenvalue weighted by atomic mass is 32.2. The molecule has 13 nitrogen and oxygen atoms in total. The number of nitrogens with zero attached hydrogens (tertiary/aromatic N) is 2. The van der Waals surface area contributed by atoms with E-state index in [-0.39, 0.29) is 23.0 Å². The minimum atomic E-state index is -3.86. The molecule has 0 heterocycles. The Kier molecular flexibility index (Phi) is 15.0. The molecule has 0 aliphatic rings. The summed E-state index contributed by atoms with van der Waals surface area (Å²) in [5.74, 6) is -5.53. The SMILES string of the molecule is C=CCCOC(=O)N[C@@H](C)C(=O)N=S(=O)(CC(=O)N=S(=O)(CC(=O)N[C@@H](C)C(=O)OCCC=C)c1ccccc1)c1ccccc1. The van der Waals surface area contributed by atoms with E-state index in [4.69, 9.17) is 9.47 Å². The molecule has 2 unspecified atom stereocenters. The van der Waals surface area contributed by atoms with Gasteiger partial charge in [0.25, 0.3) is 11.8 Å². The topological polar surface area (TPSA) is 187 Å². The van der Waals surface area contributed by atoms with Crippen LogP contribution < -0.4 is 10.6 Å².